The molecule has 2 unspecified atom stereocenters. The first kappa shape index (κ1) is 17.1. The summed E-state index contributed by atoms with van der Waals surface area (Å²) in [5, 5.41) is 5.75. The number of nitrogens with zero attached hydrogens (tertiary/aromatic N) is 1. The minimum absolute atomic E-state index is 0.129. The molecule has 2 atom stereocenters. The summed E-state index contributed by atoms with van der Waals surface area (Å²) in [6.07, 6.45) is -0.0296. The zero-order valence-electron chi connectivity index (χ0n) is 12.4. The highest BCUT2D eigenvalue weighted by Gasteiger charge is 2.26. The van der Waals surface area contributed by atoms with Gasteiger partial charge in [-0.2, -0.15) is 13.2 Å². The number of nitrogens with one attached hydrogen (secondary N) is 2. The van der Waals surface area contributed by atoms with Crippen molar-refractivity contribution in [3.63, 3.8) is 0 Å². The molecule has 0 heterocycles. The fraction of sp³-hybridized carbons (Fsp3) is 0.929. The third-order valence-corrected chi connectivity index (χ3v) is 3.82. The van der Waals surface area contributed by atoms with Gasteiger partial charge in [0, 0.05) is 19.6 Å². The van der Waals surface area contributed by atoms with Gasteiger partial charge in [-0.3, -0.25) is 4.99 Å². The molecule has 1 fully saturated rings. The zero-order valence-corrected chi connectivity index (χ0v) is 12.4. The van der Waals surface area contributed by atoms with Crippen molar-refractivity contribution in [1.29, 1.82) is 0 Å². The second kappa shape index (κ2) is 8.37. The van der Waals surface area contributed by atoms with E-state index < -0.39 is 12.6 Å². The maximum absolute atomic E-state index is 12.1. The van der Waals surface area contributed by atoms with Crippen LogP contribution in [0.5, 0.6) is 0 Å². The van der Waals surface area contributed by atoms with Crippen molar-refractivity contribution < 1.29 is 13.2 Å². The number of aliphatic imine (C=N–C) groups is 1. The summed E-state index contributed by atoms with van der Waals surface area (Å²) in [5.74, 6) is 1.71. The van der Waals surface area contributed by atoms with Gasteiger partial charge in [-0.05, 0) is 25.2 Å². The van der Waals surface area contributed by atoms with Gasteiger partial charge in [0.2, 0.25) is 0 Å². The van der Waals surface area contributed by atoms with E-state index in [0.29, 0.717) is 30.9 Å². The molecular formula is C14H26F3N3. The maximum Gasteiger partial charge on any atom is 0.390 e. The van der Waals surface area contributed by atoms with Crippen LogP contribution in [0.25, 0.3) is 0 Å². The van der Waals surface area contributed by atoms with Crippen LogP contribution < -0.4 is 10.6 Å². The van der Waals surface area contributed by atoms with Gasteiger partial charge in [0.25, 0.3) is 0 Å². The van der Waals surface area contributed by atoms with Crippen LogP contribution >= 0.6 is 0 Å². The van der Waals surface area contributed by atoms with Crippen LogP contribution in [0.15, 0.2) is 4.99 Å². The number of rotatable bonds is 5. The monoisotopic (exact) mass is 293 g/mol. The molecule has 0 spiro atoms. The average molecular weight is 293 g/mol. The summed E-state index contributed by atoms with van der Waals surface area (Å²) in [6, 6.07) is 0. The summed E-state index contributed by atoms with van der Waals surface area (Å²) in [4.78, 5) is 4.43. The van der Waals surface area contributed by atoms with E-state index in [-0.39, 0.29) is 6.54 Å². The number of halogens is 3. The largest absolute Gasteiger partial charge is 0.390 e. The van der Waals surface area contributed by atoms with Gasteiger partial charge in [-0.25, -0.2) is 0 Å². The zero-order chi connectivity index (χ0) is 15.0. The summed E-state index contributed by atoms with van der Waals surface area (Å²) in [5.41, 5.74) is 0. The van der Waals surface area contributed by atoms with Gasteiger partial charge in [-0.15, -0.1) is 0 Å². The van der Waals surface area contributed by atoms with Gasteiger partial charge < -0.3 is 10.6 Å². The van der Waals surface area contributed by atoms with Crippen LogP contribution in [0.1, 0.15) is 46.0 Å². The Kier molecular flexibility index (Phi) is 7.16. The molecule has 6 heteroatoms. The van der Waals surface area contributed by atoms with Crippen LogP contribution in [-0.2, 0) is 0 Å². The summed E-state index contributed by atoms with van der Waals surface area (Å²) >= 11 is 0. The van der Waals surface area contributed by atoms with Crippen LogP contribution in [-0.4, -0.2) is 31.8 Å². The molecule has 0 radical (unpaired) electrons. The molecule has 0 saturated heterocycles. The molecule has 0 aliphatic heterocycles. The fourth-order valence-corrected chi connectivity index (χ4v) is 2.54. The predicted octanol–water partition coefficient (Wildman–Crippen LogP) is 3.32. The van der Waals surface area contributed by atoms with Crippen molar-refractivity contribution in [3.05, 3.63) is 0 Å². The third kappa shape index (κ3) is 7.01. The molecule has 1 saturated carbocycles. The molecule has 1 rings (SSSR count). The first-order chi connectivity index (χ1) is 9.42. The molecule has 20 heavy (non-hydrogen) atoms. The number of alkyl halides is 3. The Morgan fingerprint density at radius 2 is 1.90 bits per heavy atom. The highest BCUT2D eigenvalue weighted by atomic mass is 19.4. The van der Waals surface area contributed by atoms with E-state index >= 15 is 0 Å². The maximum atomic E-state index is 12.1. The molecule has 0 aromatic carbocycles. The quantitative estimate of drug-likeness (QED) is 0.602. The Balaban J connectivity index is 2.41. The molecule has 0 bridgehead atoms. The van der Waals surface area contributed by atoms with E-state index in [1.165, 1.54) is 25.7 Å². The minimum atomic E-state index is -4.12. The lowest BCUT2D eigenvalue weighted by atomic mass is 9.80. The Hall–Kier alpha value is -0.940. The van der Waals surface area contributed by atoms with Gasteiger partial charge in [-0.1, -0.05) is 26.2 Å². The highest BCUT2D eigenvalue weighted by Crippen LogP contribution is 2.29. The molecule has 1 aliphatic rings. The van der Waals surface area contributed by atoms with Gasteiger partial charge in [0.15, 0.2) is 5.96 Å². The van der Waals surface area contributed by atoms with E-state index in [1.807, 2.05) is 6.92 Å². The number of guanidine groups is 1. The van der Waals surface area contributed by atoms with Gasteiger partial charge >= 0.3 is 6.18 Å². The van der Waals surface area contributed by atoms with E-state index in [2.05, 4.69) is 22.5 Å². The smallest absolute Gasteiger partial charge is 0.357 e. The summed E-state index contributed by atoms with van der Waals surface area (Å²) < 4.78 is 36.4. The molecule has 2 N–H and O–H groups in total. The number of hydrogen-bond acceptors (Lipinski definition) is 1. The van der Waals surface area contributed by atoms with Crippen molar-refractivity contribution in [2.24, 2.45) is 16.8 Å². The van der Waals surface area contributed by atoms with Crippen LogP contribution in [0.2, 0.25) is 0 Å². The van der Waals surface area contributed by atoms with E-state index in [4.69, 9.17) is 0 Å². The van der Waals surface area contributed by atoms with Crippen LogP contribution in [0.3, 0.4) is 0 Å². The van der Waals surface area contributed by atoms with Crippen molar-refractivity contribution in [2.45, 2.75) is 52.1 Å². The normalized spacial score (nSPS) is 24.6. The molecule has 0 aromatic rings. The van der Waals surface area contributed by atoms with Crippen LogP contribution in [0.4, 0.5) is 13.2 Å². The first-order valence-electron chi connectivity index (χ1n) is 7.51. The van der Waals surface area contributed by atoms with E-state index in [9.17, 15) is 13.2 Å². The topological polar surface area (TPSA) is 36.4 Å². The van der Waals surface area contributed by atoms with Crippen molar-refractivity contribution >= 4 is 5.96 Å². The lowest BCUT2D eigenvalue weighted by molar-refractivity contribution is -0.132. The molecule has 0 aromatic heterocycles. The van der Waals surface area contributed by atoms with Crippen molar-refractivity contribution in [2.75, 3.05) is 19.6 Å². The second-order valence-electron chi connectivity index (χ2n) is 5.53. The fourth-order valence-electron chi connectivity index (χ4n) is 2.54. The first-order valence-corrected chi connectivity index (χ1v) is 7.51. The minimum Gasteiger partial charge on any atom is -0.357 e. The summed E-state index contributed by atoms with van der Waals surface area (Å²) in [7, 11) is 0. The van der Waals surface area contributed by atoms with Gasteiger partial charge in [0.05, 0.1) is 6.42 Å². The third-order valence-electron chi connectivity index (χ3n) is 3.82. The second-order valence-corrected chi connectivity index (χ2v) is 5.53. The van der Waals surface area contributed by atoms with Crippen molar-refractivity contribution in [3.8, 4) is 0 Å². The Labute approximate surface area is 119 Å². The molecule has 3 nitrogen and oxygen atoms in total. The predicted molar refractivity (Wildman–Crippen MR) is 75.8 cm³/mol. The lowest BCUT2D eigenvalue weighted by Crippen LogP contribution is -2.39. The highest BCUT2D eigenvalue weighted by molar-refractivity contribution is 5.79. The lowest BCUT2D eigenvalue weighted by Gasteiger charge is -2.27. The van der Waals surface area contributed by atoms with Crippen LogP contribution in [0, 0.1) is 11.8 Å². The Morgan fingerprint density at radius 1 is 1.20 bits per heavy atom. The molecule has 1 aliphatic carbocycles. The number of hydrogen-bond donors (Lipinski definition) is 2. The molecule has 118 valence electrons. The standard InChI is InChI=1S/C14H26F3N3/c1-3-18-13(19-9-8-14(15,16)17)20-10-12-7-5-4-6-11(12)2/h11-12H,3-10H2,1-2H3,(H2,18,19,20). The summed E-state index contributed by atoms with van der Waals surface area (Å²) in [6.45, 7) is 5.36. The average Bonchev–Trinajstić information content (AvgIpc) is 2.36. The molecular weight excluding hydrogens is 267 g/mol. The molecule has 0 amide bonds. The van der Waals surface area contributed by atoms with E-state index in [1.54, 1.807) is 0 Å². The SMILES string of the molecule is CCNC(=NCC1CCCCC1C)NCCC(F)(F)F. The Bertz CT molecular complexity index is 303. The van der Waals surface area contributed by atoms with E-state index in [0.717, 1.165) is 0 Å². The Morgan fingerprint density at radius 3 is 2.50 bits per heavy atom. The van der Waals surface area contributed by atoms with Gasteiger partial charge in [0.1, 0.15) is 0 Å². The van der Waals surface area contributed by atoms with Crippen molar-refractivity contribution in [1.82, 2.24) is 10.6 Å².